The van der Waals surface area contributed by atoms with E-state index in [0.717, 1.165) is 9.13 Å². The molecule has 2 nitrogen and oxygen atoms in total. The van der Waals surface area contributed by atoms with Crippen molar-refractivity contribution in [2.24, 2.45) is 5.73 Å². The molecule has 1 atom stereocenters. The number of halogens is 2. The van der Waals surface area contributed by atoms with Gasteiger partial charge in [-0.1, -0.05) is 23.7 Å². The molecular formula is C8H9ClINO. The average Bonchev–Trinajstić information content (AvgIpc) is 2.08. The van der Waals surface area contributed by atoms with E-state index in [-0.39, 0.29) is 12.6 Å². The number of hydrogen-bond donors (Lipinski definition) is 2. The van der Waals surface area contributed by atoms with Crippen LogP contribution in [-0.4, -0.2) is 11.7 Å². The average molecular weight is 298 g/mol. The number of benzene rings is 1. The highest BCUT2D eigenvalue weighted by Crippen LogP contribution is 2.25. The molecule has 0 aliphatic rings. The third-order valence-electron chi connectivity index (χ3n) is 1.58. The standard InChI is InChI=1S/C8H9ClINO/c9-6-3-1-2-5(8(6)10)7(11)4-12/h1-3,7,12H,4,11H2/t7-/m1/s1. The first kappa shape index (κ1) is 10.2. The van der Waals surface area contributed by atoms with Crippen molar-refractivity contribution in [1.29, 1.82) is 0 Å². The van der Waals surface area contributed by atoms with Crippen LogP contribution in [0.4, 0.5) is 0 Å². The Kier molecular flexibility index (Phi) is 3.77. The molecule has 0 radical (unpaired) electrons. The first-order valence-corrected chi connectivity index (χ1v) is 4.93. The number of aliphatic hydroxyl groups excluding tert-OH is 1. The van der Waals surface area contributed by atoms with Gasteiger partial charge in [-0.3, -0.25) is 0 Å². The van der Waals surface area contributed by atoms with Crippen LogP contribution in [0.15, 0.2) is 18.2 Å². The van der Waals surface area contributed by atoms with E-state index in [9.17, 15) is 0 Å². The molecule has 0 bridgehead atoms. The Morgan fingerprint density at radius 3 is 2.83 bits per heavy atom. The van der Waals surface area contributed by atoms with E-state index in [1.54, 1.807) is 6.07 Å². The lowest BCUT2D eigenvalue weighted by atomic mass is 10.1. The van der Waals surface area contributed by atoms with Crippen LogP contribution in [0.1, 0.15) is 11.6 Å². The van der Waals surface area contributed by atoms with Gasteiger partial charge >= 0.3 is 0 Å². The van der Waals surface area contributed by atoms with Gasteiger partial charge in [-0.25, -0.2) is 0 Å². The second kappa shape index (κ2) is 4.41. The predicted molar refractivity (Wildman–Crippen MR) is 58.2 cm³/mol. The molecule has 3 N–H and O–H groups in total. The number of hydrogen-bond acceptors (Lipinski definition) is 2. The van der Waals surface area contributed by atoms with Crippen molar-refractivity contribution < 1.29 is 5.11 Å². The maximum absolute atomic E-state index is 8.83. The number of nitrogens with two attached hydrogens (primary N) is 1. The lowest BCUT2D eigenvalue weighted by Crippen LogP contribution is -2.15. The lowest BCUT2D eigenvalue weighted by molar-refractivity contribution is 0.267. The summed E-state index contributed by atoms with van der Waals surface area (Å²) in [6, 6.07) is 5.16. The SMILES string of the molecule is N[C@H](CO)c1cccc(Cl)c1I. The van der Waals surface area contributed by atoms with Crippen LogP contribution in [0.25, 0.3) is 0 Å². The largest absolute Gasteiger partial charge is 0.394 e. The topological polar surface area (TPSA) is 46.2 Å². The molecule has 12 heavy (non-hydrogen) atoms. The van der Waals surface area contributed by atoms with Crippen molar-refractivity contribution >= 4 is 34.2 Å². The molecule has 0 saturated heterocycles. The Balaban J connectivity index is 3.07. The van der Waals surface area contributed by atoms with Gasteiger partial charge in [0.25, 0.3) is 0 Å². The first-order valence-electron chi connectivity index (χ1n) is 3.47. The Bertz CT molecular complexity index is 280. The normalized spacial score (nSPS) is 13.0. The van der Waals surface area contributed by atoms with E-state index in [4.69, 9.17) is 22.4 Å². The molecule has 0 unspecified atom stereocenters. The highest BCUT2D eigenvalue weighted by Gasteiger charge is 2.09. The van der Waals surface area contributed by atoms with Gasteiger partial charge < -0.3 is 10.8 Å². The van der Waals surface area contributed by atoms with Crippen LogP contribution in [-0.2, 0) is 0 Å². The minimum atomic E-state index is -0.337. The van der Waals surface area contributed by atoms with Gasteiger partial charge in [-0.2, -0.15) is 0 Å². The molecule has 0 saturated carbocycles. The van der Waals surface area contributed by atoms with Crippen LogP contribution in [0.3, 0.4) is 0 Å². The molecule has 0 amide bonds. The molecule has 0 spiro atoms. The summed E-state index contributed by atoms with van der Waals surface area (Å²) >= 11 is 7.99. The van der Waals surface area contributed by atoms with E-state index in [0.29, 0.717) is 5.02 Å². The summed E-state index contributed by atoms with van der Waals surface area (Å²) in [6.45, 7) is -0.0592. The van der Waals surface area contributed by atoms with Gasteiger partial charge in [0.1, 0.15) is 0 Å². The minimum Gasteiger partial charge on any atom is -0.394 e. The van der Waals surface area contributed by atoms with Crippen molar-refractivity contribution in [3.8, 4) is 0 Å². The number of aliphatic hydroxyl groups is 1. The van der Waals surface area contributed by atoms with Gasteiger partial charge in [0, 0.05) is 3.57 Å². The summed E-state index contributed by atoms with van der Waals surface area (Å²) < 4.78 is 0.915. The minimum absolute atomic E-state index is 0.0592. The quantitative estimate of drug-likeness (QED) is 0.820. The van der Waals surface area contributed by atoms with Crippen LogP contribution < -0.4 is 5.73 Å². The van der Waals surface area contributed by atoms with E-state index < -0.39 is 0 Å². The monoisotopic (exact) mass is 297 g/mol. The fourth-order valence-electron chi connectivity index (χ4n) is 0.905. The zero-order chi connectivity index (χ0) is 9.14. The summed E-state index contributed by atoms with van der Waals surface area (Å²) in [5, 5.41) is 9.51. The summed E-state index contributed by atoms with van der Waals surface area (Å²) in [5.74, 6) is 0. The maximum atomic E-state index is 8.83. The smallest absolute Gasteiger partial charge is 0.0624 e. The summed E-state index contributed by atoms with van der Waals surface area (Å²) in [6.07, 6.45) is 0. The maximum Gasteiger partial charge on any atom is 0.0624 e. The Hall–Kier alpha value is 0.160. The fraction of sp³-hybridized carbons (Fsp3) is 0.250. The third-order valence-corrected chi connectivity index (χ3v) is 3.42. The Morgan fingerprint density at radius 1 is 1.58 bits per heavy atom. The van der Waals surface area contributed by atoms with Crippen molar-refractivity contribution in [2.45, 2.75) is 6.04 Å². The third kappa shape index (κ3) is 2.10. The molecule has 0 aliphatic heterocycles. The van der Waals surface area contributed by atoms with E-state index >= 15 is 0 Å². The summed E-state index contributed by atoms with van der Waals surface area (Å²) in [4.78, 5) is 0. The second-order valence-corrected chi connectivity index (χ2v) is 3.92. The van der Waals surface area contributed by atoms with Crippen LogP contribution in [0.2, 0.25) is 5.02 Å². The van der Waals surface area contributed by atoms with E-state index in [1.165, 1.54) is 0 Å². The van der Waals surface area contributed by atoms with Crippen LogP contribution in [0.5, 0.6) is 0 Å². The molecule has 1 aromatic rings. The number of rotatable bonds is 2. The van der Waals surface area contributed by atoms with Crippen LogP contribution in [0, 0.1) is 3.57 Å². The van der Waals surface area contributed by atoms with Gasteiger partial charge in [0.05, 0.1) is 17.7 Å². The molecular weight excluding hydrogens is 288 g/mol. The molecule has 0 aromatic heterocycles. The van der Waals surface area contributed by atoms with E-state index in [2.05, 4.69) is 22.6 Å². The fourth-order valence-corrected chi connectivity index (χ4v) is 1.85. The van der Waals surface area contributed by atoms with Crippen LogP contribution >= 0.6 is 34.2 Å². The van der Waals surface area contributed by atoms with Gasteiger partial charge in [0.2, 0.25) is 0 Å². The zero-order valence-electron chi connectivity index (χ0n) is 6.30. The van der Waals surface area contributed by atoms with Crippen molar-refractivity contribution in [3.05, 3.63) is 32.4 Å². The molecule has 4 heteroatoms. The summed E-state index contributed by atoms with van der Waals surface area (Å²) in [7, 11) is 0. The van der Waals surface area contributed by atoms with Gasteiger partial charge in [-0.05, 0) is 34.2 Å². The predicted octanol–water partition coefficient (Wildman–Crippen LogP) is 1.94. The highest BCUT2D eigenvalue weighted by molar-refractivity contribution is 14.1. The first-order chi connectivity index (χ1) is 5.66. The molecule has 66 valence electrons. The summed E-state index contributed by atoms with van der Waals surface area (Å²) in [5.41, 5.74) is 6.54. The Labute approximate surface area is 89.9 Å². The van der Waals surface area contributed by atoms with E-state index in [1.807, 2.05) is 12.1 Å². The lowest BCUT2D eigenvalue weighted by Gasteiger charge is -2.11. The highest BCUT2D eigenvalue weighted by atomic mass is 127. The molecule has 0 aliphatic carbocycles. The molecule has 0 fully saturated rings. The zero-order valence-corrected chi connectivity index (χ0v) is 9.21. The Morgan fingerprint density at radius 2 is 2.25 bits per heavy atom. The van der Waals surface area contributed by atoms with Crippen molar-refractivity contribution in [1.82, 2.24) is 0 Å². The van der Waals surface area contributed by atoms with Gasteiger partial charge in [-0.15, -0.1) is 0 Å². The van der Waals surface area contributed by atoms with Gasteiger partial charge in [0.15, 0.2) is 0 Å². The molecule has 1 aromatic carbocycles. The second-order valence-electron chi connectivity index (χ2n) is 2.43. The van der Waals surface area contributed by atoms with Crippen molar-refractivity contribution in [3.63, 3.8) is 0 Å². The van der Waals surface area contributed by atoms with Crippen molar-refractivity contribution in [2.75, 3.05) is 6.61 Å². The molecule has 1 rings (SSSR count). The molecule has 0 heterocycles.